The van der Waals surface area contributed by atoms with Gasteiger partial charge in [-0.1, -0.05) is 29.8 Å². The summed E-state index contributed by atoms with van der Waals surface area (Å²) in [6.45, 7) is 1.67. The van der Waals surface area contributed by atoms with Crippen molar-refractivity contribution in [1.29, 1.82) is 0 Å². The lowest BCUT2D eigenvalue weighted by molar-refractivity contribution is -0.757. The van der Waals surface area contributed by atoms with E-state index < -0.39 is 14.9 Å². The second-order valence-corrected chi connectivity index (χ2v) is 9.10. The summed E-state index contributed by atoms with van der Waals surface area (Å²) in [6.07, 6.45) is 1.04. The molecular weight excluding hydrogens is 422 g/mol. The molecule has 3 aromatic rings. The van der Waals surface area contributed by atoms with E-state index in [1.165, 1.54) is 12.1 Å². The number of rotatable bonds is 9. The fourth-order valence-corrected chi connectivity index (χ4v) is 3.63. The van der Waals surface area contributed by atoms with Gasteiger partial charge in [0.15, 0.2) is 9.84 Å². The fourth-order valence-electron chi connectivity index (χ4n) is 3.00. The molecular formula is C21H21N3O6S. The normalized spacial score (nSPS) is 11.3. The third kappa shape index (κ3) is 5.76. The second-order valence-electron chi connectivity index (χ2n) is 7.09. The summed E-state index contributed by atoms with van der Waals surface area (Å²) in [5.41, 5.74) is 3.78. The van der Waals surface area contributed by atoms with Crippen LogP contribution in [-0.4, -0.2) is 41.9 Å². The average molecular weight is 443 g/mol. The van der Waals surface area contributed by atoms with Crippen LogP contribution in [0, 0.1) is 17.0 Å². The Balaban J connectivity index is 1.94. The zero-order chi connectivity index (χ0) is 22.6. The number of aryl methyl sites for hydroxylation is 1. The average Bonchev–Trinajstić information content (AvgIpc) is 3.11. The monoisotopic (exact) mass is 443 g/mol. The van der Waals surface area contributed by atoms with E-state index in [0.29, 0.717) is 11.4 Å². The number of hydrogen-bond donors (Lipinski definition) is 0. The molecule has 0 spiro atoms. The Kier molecular flexibility index (Phi) is 6.50. The number of benzene rings is 2. The molecule has 0 bridgehead atoms. The van der Waals surface area contributed by atoms with Crippen LogP contribution < -0.4 is 0 Å². The van der Waals surface area contributed by atoms with Crippen LogP contribution in [0.4, 0.5) is 0 Å². The predicted octanol–water partition coefficient (Wildman–Crippen LogP) is 2.96. The molecule has 0 amide bonds. The van der Waals surface area contributed by atoms with Gasteiger partial charge in [0, 0.05) is 18.2 Å². The van der Waals surface area contributed by atoms with Crippen LogP contribution >= 0.6 is 0 Å². The maximum Gasteiger partial charge on any atom is 0.294 e. The van der Waals surface area contributed by atoms with E-state index in [9.17, 15) is 23.3 Å². The summed E-state index contributed by atoms with van der Waals surface area (Å²) >= 11 is 0. The Hall–Kier alpha value is -3.53. The van der Waals surface area contributed by atoms with Gasteiger partial charge < -0.3 is 4.84 Å². The summed E-state index contributed by atoms with van der Waals surface area (Å²) < 4.78 is 25.2. The number of aromatic nitrogens is 2. The van der Waals surface area contributed by atoms with E-state index in [1.54, 1.807) is 22.9 Å². The van der Waals surface area contributed by atoms with E-state index in [4.69, 9.17) is 0 Å². The zero-order valence-corrected chi connectivity index (χ0v) is 17.8. The van der Waals surface area contributed by atoms with Gasteiger partial charge in [-0.15, -0.1) is 10.1 Å². The minimum Gasteiger partial charge on any atom is -0.313 e. The Bertz CT molecular complexity index is 1200. The van der Waals surface area contributed by atoms with Crippen molar-refractivity contribution < 1.29 is 23.1 Å². The van der Waals surface area contributed by atoms with Crippen LogP contribution in [0.25, 0.3) is 16.9 Å². The van der Waals surface area contributed by atoms with Gasteiger partial charge in [0.1, 0.15) is 12.4 Å². The molecule has 1 heterocycles. The van der Waals surface area contributed by atoms with E-state index >= 15 is 0 Å². The molecule has 3 rings (SSSR count). The van der Waals surface area contributed by atoms with Gasteiger partial charge in [-0.2, -0.15) is 5.10 Å². The van der Waals surface area contributed by atoms with Gasteiger partial charge in [0.2, 0.25) is 0 Å². The molecule has 0 saturated carbocycles. The van der Waals surface area contributed by atoms with E-state index in [-0.39, 0.29) is 30.1 Å². The minimum absolute atomic E-state index is 0.00560. The molecule has 0 aliphatic carbocycles. The molecule has 0 N–H and O–H groups in total. The molecule has 0 aliphatic rings. The first kappa shape index (κ1) is 22.2. The molecule has 0 radical (unpaired) electrons. The Morgan fingerprint density at radius 1 is 1.13 bits per heavy atom. The standard InChI is InChI=1S/C21H21N3O6S/c1-15-3-7-18(8-4-15)23-21(16-5-9-20(10-6-16)31(2,28)29)14-17(22-23)13-19(25)11-12-30-24(26)27/h3-10,14H,11-13H2,1-2H3. The summed E-state index contributed by atoms with van der Waals surface area (Å²) in [5.74, 6) is -0.241. The highest BCUT2D eigenvalue weighted by Crippen LogP contribution is 2.26. The molecule has 162 valence electrons. The lowest BCUT2D eigenvalue weighted by Crippen LogP contribution is -2.10. The van der Waals surface area contributed by atoms with Crippen LogP contribution in [0.5, 0.6) is 0 Å². The number of carbonyl (C=O) groups excluding carboxylic acids is 1. The van der Waals surface area contributed by atoms with E-state index in [2.05, 4.69) is 9.94 Å². The van der Waals surface area contributed by atoms with Gasteiger partial charge in [0.25, 0.3) is 5.09 Å². The molecule has 0 unspecified atom stereocenters. The van der Waals surface area contributed by atoms with Crippen LogP contribution in [-0.2, 0) is 25.9 Å². The summed E-state index contributed by atoms with van der Waals surface area (Å²) in [7, 11) is -3.32. The molecule has 1 aromatic heterocycles. The molecule has 10 heteroatoms. The maximum atomic E-state index is 12.2. The molecule has 0 atom stereocenters. The Labute approximate surface area is 179 Å². The van der Waals surface area contributed by atoms with Gasteiger partial charge in [-0.05, 0) is 37.3 Å². The molecule has 31 heavy (non-hydrogen) atoms. The highest BCUT2D eigenvalue weighted by Gasteiger charge is 2.16. The van der Waals surface area contributed by atoms with Crippen molar-refractivity contribution in [2.45, 2.75) is 24.7 Å². The second kappa shape index (κ2) is 9.09. The molecule has 0 fully saturated rings. The van der Waals surface area contributed by atoms with Crippen LogP contribution in [0.15, 0.2) is 59.5 Å². The van der Waals surface area contributed by atoms with Crippen molar-refractivity contribution in [3.8, 4) is 16.9 Å². The topological polar surface area (TPSA) is 121 Å². The number of nitrogens with zero attached hydrogens (tertiary/aromatic N) is 3. The van der Waals surface area contributed by atoms with E-state index in [0.717, 1.165) is 23.1 Å². The largest absolute Gasteiger partial charge is 0.313 e. The molecule has 9 nitrogen and oxygen atoms in total. The number of Topliss-reactive ketones (excluding diaryl/α,β-unsaturated/α-hetero) is 1. The first-order chi connectivity index (χ1) is 14.6. The first-order valence-corrected chi connectivity index (χ1v) is 11.3. The van der Waals surface area contributed by atoms with Crippen LogP contribution in [0.1, 0.15) is 17.7 Å². The maximum absolute atomic E-state index is 12.2. The summed E-state index contributed by atoms with van der Waals surface area (Å²) in [6, 6.07) is 15.8. The van der Waals surface area contributed by atoms with Crippen molar-refractivity contribution in [2.24, 2.45) is 0 Å². The molecule has 2 aromatic carbocycles. The van der Waals surface area contributed by atoms with Gasteiger partial charge in [-0.3, -0.25) is 4.79 Å². The van der Waals surface area contributed by atoms with Crippen molar-refractivity contribution in [3.63, 3.8) is 0 Å². The van der Waals surface area contributed by atoms with E-state index in [1.807, 2.05) is 31.2 Å². The summed E-state index contributed by atoms with van der Waals surface area (Å²) in [4.78, 5) is 26.8. The van der Waals surface area contributed by atoms with Crippen LogP contribution in [0.3, 0.4) is 0 Å². The molecule has 0 saturated heterocycles. The first-order valence-electron chi connectivity index (χ1n) is 9.39. The van der Waals surface area contributed by atoms with Crippen molar-refractivity contribution >= 4 is 15.6 Å². The smallest absolute Gasteiger partial charge is 0.294 e. The van der Waals surface area contributed by atoms with Gasteiger partial charge >= 0.3 is 0 Å². The Morgan fingerprint density at radius 3 is 2.35 bits per heavy atom. The highest BCUT2D eigenvalue weighted by atomic mass is 32.2. The number of ketones is 1. The van der Waals surface area contributed by atoms with Crippen molar-refractivity contribution in [1.82, 2.24) is 9.78 Å². The zero-order valence-electron chi connectivity index (χ0n) is 17.0. The quantitative estimate of drug-likeness (QED) is 0.368. The number of hydrogen-bond acceptors (Lipinski definition) is 7. The van der Waals surface area contributed by atoms with Gasteiger partial charge in [-0.25, -0.2) is 13.1 Å². The minimum atomic E-state index is -3.32. The lowest BCUT2D eigenvalue weighted by Gasteiger charge is -2.08. The SMILES string of the molecule is Cc1ccc(-n2nc(CC(=O)CCO[N+](=O)[O-])cc2-c2ccc(S(C)(=O)=O)cc2)cc1. The predicted molar refractivity (Wildman–Crippen MR) is 113 cm³/mol. The third-order valence-corrected chi connectivity index (χ3v) is 5.70. The van der Waals surface area contributed by atoms with Crippen molar-refractivity contribution in [2.75, 3.05) is 12.9 Å². The number of sulfone groups is 1. The van der Waals surface area contributed by atoms with Crippen LogP contribution in [0.2, 0.25) is 0 Å². The summed E-state index contributed by atoms with van der Waals surface area (Å²) in [5, 5.41) is 13.8. The third-order valence-electron chi connectivity index (χ3n) is 4.57. The molecule has 0 aliphatic heterocycles. The number of carbonyl (C=O) groups is 1. The van der Waals surface area contributed by atoms with Crippen molar-refractivity contribution in [3.05, 3.63) is 76.0 Å². The highest BCUT2D eigenvalue weighted by molar-refractivity contribution is 7.90. The lowest BCUT2D eigenvalue weighted by atomic mass is 10.1. The van der Waals surface area contributed by atoms with Gasteiger partial charge in [0.05, 0.1) is 28.4 Å². The fraction of sp³-hybridized carbons (Fsp3) is 0.238. The Morgan fingerprint density at radius 2 is 1.77 bits per heavy atom.